The number of rotatable bonds is 5. The highest BCUT2D eigenvalue weighted by atomic mass is 32.1. The molecule has 0 spiro atoms. The van der Waals surface area contributed by atoms with Crippen LogP contribution in [0.25, 0.3) is 0 Å². The lowest BCUT2D eigenvalue weighted by atomic mass is 9.90. The molecule has 1 N–H and O–H groups in total. The average molecular weight is 428 g/mol. The van der Waals surface area contributed by atoms with E-state index < -0.39 is 0 Å². The maximum Gasteiger partial charge on any atom is 0.225 e. The highest BCUT2D eigenvalue weighted by Crippen LogP contribution is 2.30. The van der Waals surface area contributed by atoms with Crippen molar-refractivity contribution in [1.29, 1.82) is 0 Å². The smallest absolute Gasteiger partial charge is 0.225 e. The zero-order valence-electron chi connectivity index (χ0n) is 18.3. The lowest BCUT2D eigenvalue weighted by Crippen LogP contribution is -2.46. The first-order valence-corrected chi connectivity index (χ1v) is 12.0. The van der Waals surface area contributed by atoms with Crippen molar-refractivity contribution in [2.75, 3.05) is 31.5 Å². The fourth-order valence-corrected chi connectivity index (χ4v) is 5.26. The van der Waals surface area contributed by atoms with E-state index in [1.165, 1.54) is 4.88 Å². The number of likely N-dealkylation sites (tertiary alicyclic amines) is 2. The molecule has 4 heterocycles. The molecular weight excluding hydrogens is 394 g/mol. The third kappa shape index (κ3) is 5.01. The average Bonchev–Trinajstić information content (AvgIpc) is 3.18. The minimum Gasteiger partial charge on any atom is -0.342 e. The van der Waals surface area contributed by atoms with E-state index in [9.17, 15) is 4.79 Å². The maximum absolute atomic E-state index is 13.0. The topological polar surface area (TPSA) is 61.4 Å². The van der Waals surface area contributed by atoms with Crippen LogP contribution >= 0.6 is 11.3 Å². The molecule has 4 rings (SSSR count). The number of nitrogens with one attached hydrogen (secondary N) is 1. The molecule has 2 aliphatic heterocycles. The van der Waals surface area contributed by atoms with Crippen LogP contribution in [0.15, 0.2) is 24.4 Å². The molecule has 0 saturated carbocycles. The van der Waals surface area contributed by atoms with Crippen molar-refractivity contribution < 1.29 is 4.79 Å². The van der Waals surface area contributed by atoms with Crippen LogP contribution < -0.4 is 5.32 Å². The van der Waals surface area contributed by atoms with Crippen LogP contribution in [0.3, 0.4) is 0 Å². The van der Waals surface area contributed by atoms with Gasteiger partial charge in [-0.05, 0) is 71.7 Å². The largest absolute Gasteiger partial charge is 0.342 e. The van der Waals surface area contributed by atoms with Gasteiger partial charge in [0.05, 0.1) is 0 Å². The van der Waals surface area contributed by atoms with Gasteiger partial charge in [0, 0.05) is 47.7 Å². The second kappa shape index (κ2) is 9.43. The van der Waals surface area contributed by atoms with Crippen LogP contribution in [0.4, 0.5) is 10.9 Å². The number of carbonyl (C=O) groups excluding carboxylic acids is 1. The van der Waals surface area contributed by atoms with E-state index in [0.29, 0.717) is 17.9 Å². The Bertz CT molecular complexity index is 851. The second-order valence-corrected chi connectivity index (χ2v) is 10.1. The minimum absolute atomic E-state index is 0.212. The second-order valence-electron chi connectivity index (χ2n) is 8.85. The fraction of sp³-hybridized carbons (Fsp3) is 0.609. The predicted molar refractivity (Wildman–Crippen MR) is 122 cm³/mol. The molecule has 0 unspecified atom stereocenters. The number of aromatic nitrogens is 2. The van der Waals surface area contributed by atoms with Crippen molar-refractivity contribution in [1.82, 2.24) is 19.8 Å². The van der Waals surface area contributed by atoms with Crippen molar-refractivity contribution in [3.05, 3.63) is 35.0 Å². The molecule has 2 aliphatic rings. The molecule has 2 saturated heterocycles. The number of amides is 1. The van der Waals surface area contributed by atoms with E-state index in [4.69, 9.17) is 4.98 Å². The molecule has 30 heavy (non-hydrogen) atoms. The first-order valence-electron chi connectivity index (χ1n) is 11.2. The minimum atomic E-state index is 0.212. The zero-order valence-corrected chi connectivity index (χ0v) is 19.1. The highest BCUT2D eigenvalue weighted by Gasteiger charge is 2.32. The van der Waals surface area contributed by atoms with Crippen molar-refractivity contribution in [3.8, 4) is 0 Å². The Hall–Kier alpha value is -1.99. The zero-order chi connectivity index (χ0) is 21.1. The standard InChI is InChI=1S/C23H33N5OS/c1-16(2)27-11-9-19(10-12-27)22(29)28-13-7-18(8-14-28)20-5-4-6-21(25-20)26-23-24-15-17(3)30-23/h4-6,15-16,18-19H,7-14H2,1-3H3,(H,24,25,26). The summed E-state index contributed by atoms with van der Waals surface area (Å²) in [5, 5.41) is 4.19. The summed E-state index contributed by atoms with van der Waals surface area (Å²) in [6.45, 7) is 10.3. The van der Waals surface area contributed by atoms with E-state index in [2.05, 4.69) is 53.0 Å². The maximum atomic E-state index is 13.0. The Kier molecular flexibility index (Phi) is 6.68. The lowest BCUT2D eigenvalue weighted by Gasteiger charge is -2.38. The van der Waals surface area contributed by atoms with E-state index in [0.717, 1.165) is 68.5 Å². The molecule has 2 aromatic heterocycles. The molecule has 6 nitrogen and oxygen atoms in total. The molecule has 0 bridgehead atoms. The Morgan fingerprint density at radius 2 is 1.87 bits per heavy atom. The van der Waals surface area contributed by atoms with Crippen LogP contribution in [0.5, 0.6) is 0 Å². The van der Waals surface area contributed by atoms with Gasteiger partial charge in [0.1, 0.15) is 5.82 Å². The molecule has 162 valence electrons. The van der Waals surface area contributed by atoms with Crippen LogP contribution in [-0.2, 0) is 4.79 Å². The third-order valence-corrected chi connectivity index (χ3v) is 7.29. The van der Waals surface area contributed by atoms with Gasteiger partial charge in [0.2, 0.25) is 5.91 Å². The number of anilines is 2. The molecule has 0 radical (unpaired) electrons. The first kappa shape index (κ1) is 21.2. The number of hydrogen-bond acceptors (Lipinski definition) is 6. The highest BCUT2D eigenvalue weighted by molar-refractivity contribution is 7.15. The lowest BCUT2D eigenvalue weighted by molar-refractivity contribution is -0.138. The van der Waals surface area contributed by atoms with Gasteiger partial charge in [-0.1, -0.05) is 6.07 Å². The van der Waals surface area contributed by atoms with Crippen molar-refractivity contribution in [2.45, 2.75) is 58.4 Å². The monoisotopic (exact) mass is 427 g/mol. The molecule has 1 amide bonds. The predicted octanol–water partition coefficient (Wildman–Crippen LogP) is 4.42. The Morgan fingerprint density at radius 1 is 1.13 bits per heavy atom. The van der Waals surface area contributed by atoms with Gasteiger partial charge < -0.3 is 15.1 Å². The third-order valence-electron chi connectivity index (χ3n) is 6.46. The van der Waals surface area contributed by atoms with E-state index >= 15 is 0 Å². The number of nitrogens with zero attached hydrogens (tertiary/aromatic N) is 4. The van der Waals surface area contributed by atoms with Crippen LogP contribution in [0, 0.1) is 12.8 Å². The summed E-state index contributed by atoms with van der Waals surface area (Å²) in [5.41, 5.74) is 1.12. The molecule has 2 aromatic rings. The summed E-state index contributed by atoms with van der Waals surface area (Å²) < 4.78 is 0. The molecule has 7 heteroatoms. The number of thiazole rings is 1. The summed E-state index contributed by atoms with van der Waals surface area (Å²) in [6.07, 6.45) is 5.86. The van der Waals surface area contributed by atoms with E-state index in [1.807, 2.05) is 12.3 Å². The van der Waals surface area contributed by atoms with Crippen molar-refractivity contribution in [3.63, 3.8) is 0 Å². The van der Waals surface area contributed by atoms with Gasteiger partial charge in [-0.25, -0.2) is 9.97 Å². The summed E-state index contributed by atoms with van der Waals surface area (Å²) in [6, 6.07) is 6.74. The molecular formula is C23H33N5OS. The van der Waals surface area contributed by atoms with Crippen LogP contribution in [0.1, 0.15) is 56.0 Å². The molecule has 2 fully saturated rings. The first-order chi connectivity index (χ1) is 14.5. The van der Waals surface area contributed by atoms with Crippen LogP contribution in [0.2, 0.25) is 0 Å². The molecule has 0 aliphatic carbocycles. The summed E-state index contributed by atoms with van der Waals surface area (Å²) in [5.74, 6) is 1.84. The number of piperidine rings is 2. The molecule has 0 atom stereocenters. The number of hydrogen-bond donors (Lipinski definition) is 1. The summed E-state index contributed by atoms with van der Waals surface area (Å²) in [4.78, 5) is 28.0. The number of pyridine rings is 1. The van der Waals surface area contributed by atoms with Crippen molar-refractivity contribution in [2.24, 2.45) is 5.92 Å². The quantitative estimate of drug-likeness (QED) is 0.765. The molecule has 0 aromatic carbocycles. The fourth-order valence-electron chi connectivity index (χ4n) is 4.59. The van der Waals surface area contributed by atoms with E-state index in [1.54, 1.807) is 11.3 Å². The SMILES string of the molecule is Cc1cnc(Nc2cccc(C3CCN(C(=O)C4CCN(C(C)C)CC4)CC3)n2)s1. The summed E-state index contributed by atoms with van der Waals surface area (Å²) >= 11 is 1.63. The van der Waals surface area contributed by atoms with Gasteiger partial charge in [0.15, 0.2) is 5.13 Å². The Labute approximate surface area is 183 Å². The van der Waals surface area contributed by atoms with E-state index in [-0.39, 0.29) is 5.92 Å². The van der Waals surface area contributed by atoms with Gasteiger partial charge in [0.25, 0.3) is 0 Å². The Balaban J connectivity index is 1.30. The van der Waals surface area contributed by atoms with Gasteiger partial charge in [-0.3, -0.25) is 4.79 Å². The van der Waals surface area contributed by atoms with Gasteiger partial charge >= 0.3 is 0 Å². The normalized spacial score (nSPS) is 19.4. The summed E-state index contributed by atoms with van der Waals surface area (Å²) in [7, 11) is 0. The number of carbonyl (C=O) groups is 1. The van der Waals surface area contributed by atoms with Crippen LogP contribution in [-0.4, -0.2) is 57.9 Å². The van der Waals surface area contributed by atoms with Crippen molar-refractivity contribution >= 4 is 28.2 Å². The number of aryl methyl sites for hydroxylation is 1. The Morgan fingerprint density at radius 3 is 2.50 bits per heavy atom. The van der Waals surface area contributed by atoms with Gasteiger partial charge in [-0.2, -0.15) is 0 Å². The van der Waals surface area contributed by atoms with Gasteiger partial charge in [-0.15, -0.1) is 11.3 Å².